The maximum atomic E-state index is 12.1. The lowest BCUT2D eigenvalue weighted by molar-refractivity contribution is 0.112. The summed E-state index contributed by atoms with van der Waals surface area (Å²) in [6.45, 7) is 0. The molecule has 1 amide bonds. The standard InChI is InChI=1S/C18H19NO4S/c1-19(2)18(21)24-17-10-14(23-4)6-8-16(17)15-7-5-13(22-3)9-12(15)11-20/h5-11H,1-4H3. The molecule has 0 fully saturated rings. The highest BCUT2D eigenvalue weighted by Crippen LogP contribution is 2.37. The van der Waals surface area contributed by atoms with E-state index in [9.17, 15) is 9.59 Å². The number of aldehydes is 1. The van der Waals surface area contributed by atoms with Crippen molar-refractivity contribution in [1.82, 2.24) is 4.90 Å². The molecule has 0 spiro atoms. The van der Waals surface area contributed by atoms with E-state index in [1.807, 2.05) is 12.1 Å². The zero-order valence-corrected chi connectivity index (χ0v) is 14.8. The van der Waals surface area contributed by atoms with Gasteiger partial charge >= 0.3 is 0 Å². The Kier molecular flexibility index (Phi) is 5.87. The largest absolute Gasteiger partial charge is 0.497 e. The maximum absolute atomic E-state index is 12.1. The van der Waals surface area contributed by atoms with Gasteiger partial charge in [-0.1, -0.05) is 0 Å². The van der Waals surface area contributed by atoms with E-state index in [0.29, 0.717) is 17.1 Å². The fraction of sp³-hybridized carbons (Fsp3) is 0.222. The summed E-state index contributed by atoms with van der Waals surface area (Å²) in [5, 5.41) is -0.106. The molecule has 0 bridgehead atoms. The predicted molar refractivity (Wildman–Crippen MR) is 95.3 cm³/mol. The van der Waals surface area contributed by atoms with E-state index < -0.39 is 0 Å². The van der Waals surface area contributed by atoms with Crippen LogP contribution in [0.15, 0.2) is 41.3 Å². The van der Waals surface area contributed by atoms with Crippen molar-refractivity contribution in [1.29, 1.82) is 0 Å². The van der Waals surface area contributed by atoms with Crippen LogP contribution in [0.2, 0.25) is 0 Å². The van der Waals surface area contributed by atoms with Crippen LogP contribution in [0.1, 0.15) is 10.4 Å². The van der Waals surface area contributed by atoms with E-state index in [-0.39, 0.29) is 5.24 Å². The molecule has 0 aliphatic rings. The van der Waals surface area contributed by atoms with Gasteiger partial charge in [-0.3, -0.25) is 9.59 Å². The number of benzene rings is 2. The van der Waals surface area contributed by atoms with Crippen LogP contribution < -0.4 is 9.47 Å². The summed E-state index contributed by atoms with van der Waals surface area (Å²) in [4.78, 5) is 25.8. The zero-order chi connectivity index (χ0) is 17.7. The highest BCUT2D eigenvalue weighted by atomic mass is 32.2. The lowest BCUT2D eigenvalue weighted by Crippen LogP contribution is -2.16. The van der Waals surface area contributed by atoms with Crippen LogP contribution in [0, 0.1) is 0 Å². The molecule has 2 aromatic carbocycles. The van der Waals surface area contributed by atoms with E-state index in [1.165, 1.54) is 4.90 Å². The van der Waals surface area contributed by atoms with E-state index in [1.54, 1.807) is 52.6 Å². The smallest absolute Gasteiger partial charge is 0.285 e. The van der Waals surface area contributed by atoms with Gasteiger partial charge in [0.25, 0.3) is 5.24 Å². The Hall–Kier alpha value is -2.47. The van der Waals surface area contributed by atoms with Gasteiger partial charge in [0, 0.05) is 24.6 Å². The summed E-state index contributed by atoms with van der Waals surface area (Å²) < 4.78 is 10.4. The molecule has 5 nitrogen and oxygen atoms in total. The fourth-order valence-electron chi connectivity index (χ4n) is 2.13. The van der Waals surface area contributed by atoms with Gasteiger partial charge in [-0.25, -0.2) is 0 Å². The molecule has 0 aromatic heterocycles. The van der Waals surface area contributed by atoms with Gasteiger partial charge in [0.1, 0.15) is 11.5 Å². The summed E-state index contributed by atoms with van der Waals surface area (Å²) in [7, 11) is 6.51. The van der Waals surface area contributed by atoms with Gasteiger partial charge in [0.05, 0.1) is 14.2 Å². The molecule has 0 radical (unpaired) electrons. The molecule has 24 heavy (non-hydrogen) atoms. The van der Waals surface area contributed by atoms with E-state index in [0.717, 1.165) is 34.1 Å². The van der Waals surface area contributed by atoms with Crippen LogP contribution in [0.4, 0.5) is 4.79 Å². The second kappa shape index (κ2) is 7.88. The topological polar surface area (TPSA) is 55.8 Å². The van der Waals surface area contributed by atoms with Crippen molar-refractivity contribution < 1.29 is 19.1 Å². The van der Waals surface area contributed by atoms with Crippen LogP contribution in [0.3, 0.4) is 0 Å². The van der Waals surface area contributed by atoms with Crippen molar-refractivity contribution in [3.05, 3.63) is 42.0 Å². The molecule has 0 aliphatic carbocycles. The molecule has 0 heterocycles. The lowest BCUT2D eigenvalue weighted by Gasteiger charge is -2.15. The Morgan fingerprint density at radius 3 is 2.12 bits per heavy atom. The Morgan fingerprint density at radius 1 is 1.00 bits per heavy atom. The number of rotatable bonds is 5. The second-order valence-corrected chi connectivity index (χ2v) is 6.19. The maximum Gasteiger partial charge on any atom is 0.285 e. The minimum Gasteiger partial charge on any atom is -0.497 e. The van der Waals surface area contributed by atoms with E-state index in [4.69, 9.17) is 9.47 Å². The Bertz CT molecular complexity index is 759. The molecular formula is C18H19NO4S. The van der Waals surface area contributed by atoms with Gasteiger partial charge in [0.2, 0.25) is 0 Å². The van der Waals surface area contributed by atoms with Crippen LogP contribution in [0.5, 0.6) is 11.5 Å². The van der Waals surface area contributed by atoms with Gasteiger partial charge in [-0.15, -0.1) is 0 Å². The van der Waals surface area contributed by atoms with E-state index in [2.05, 4.69) is 0 Å². The van der Waals surface area contributed by atoms with Crippen molar-refractivity contribution in [2.45, 2.75) is 4.90 Å². The summed E-state index contributed by atoms with van der Waals surface area (Å²) in [5.74, 6) is 1.25. The third kappa shape index (κ3) is 3.89. The molecule has 0 aliphatic heterocycles. The highest BCUT2D eigenvalue weighted by molar-refractivity contribution is 8.13. The number of nitrogens with zero attached hydrogens (tertiary/aromatic N) is 1. The minimum atomic E-state index is -0.106. The molecule has 0 saturated heterocycles. The predicted octanol–water partition coefficient (Wildman–Crippen LogP) is 3.96. The molecular weight excluding hydrogens is 326 g/mol. The summed E-state index contributed by atoms with van der Waals surface area (Å²) in [5.41, 5.74) is 2.03. The number of methoxy groups -OCH3 is 2. The minimum absolute atomic E-state index is 0.106. The number of thioether (sulfide) groups is 1. The molecule has 6 heteroatoms. The summed E-state index contributed by atoms with van der Waals surface area (Å²) in [6.07, 6.45) is 0.782. The van der Waals surface area contributed by atoms with Crippen molar-refractivity contribution in [2.24, 2.45) is 0 Å². The van der Waals surface area contributed by atoms with Gasteiger partial charge < -0.3 is 14.4 Å². The van der Waals surface area contributed by atoms with Crippen molar-refractivity contribution >= 4 is 23.3 Å². The molecule has 2 rings (SSSR count). The summed E-state index contributed by atoms with van der Waals surface area (Å²) in [6, 6.07) is 10.7. The monoisotopic (exact) mass is 345 g/mol. The normalized spacial score (nSPS) is 10.2. The van der Waals surface area contributed by atoms with Crippen molar-refractivity contribution in [3.8, 4) is 22.6 Å². The van der Waals surface area contributed by atoms with Gasteiger partial charge in [-0.2, -0.15) is 0 Å². The van der Waals surface area contributed by atoms with Gasteiger partial charge in [0.15, 0.2) is 6.29 Å². The molecule has 2 aromatic rings. The van der Waals surface area contributed by atoms with Gasteiger partial charge in [-0.05, 0) is 59.3 Å². The average molecular weight is 345 g/mol. The molecule has 0 unspecified atom stereocenters. The highest BCUT2D eigenvalue weighted by Gasteiger charge is 2.16. The Balaban J connectivity index is 2.57. The van der Waals surface area contributed by atoms with Crippen molar-refractivity contribution in [2.75, 3.05) is 28.3 Å². The number of carbonyl (C=O) groups is 2. The first-order valence-corrected chi connectivity index (χ1v) is 8.02. The van der Waals surface area contributed by atoms with Crippen LogP contribution in [0.25, 0.3) is 11.1 Å². The average Bonchev–Trinajstić information content (AvgIpc) is 2.60. The molecule has 126 valence electrons. The first-order valence-electron chi connectivity index (χ1n) is 7.21. The Labute approximate surface area is 145 Å². The number of hydrogen-bond donors (Lipinski definition) is 0. The number of carbonyl (C=O) groups excluding carboxylic acids is 2. The third-order valence-electron chi connectivity index (χ3n) is 3.43. The van der Waals surface area contributed by atoms with Crippen molar-refractivity contribution in [3.63, 3.8) is 0 Å². The molecule has 0 atom stereocenters. The third-order valence-corrected chi connectivity index (χ3v) is 4.52. The first kappa shape index (κ1) is 17.9. The fourth-order valence-corrected chi connectivity index (χ4v) is 2.97. The second-order valence-electron chi connectivity index (χ2n) is 5.20. The summed E-state index contributed by atoms with van der Waals surface area (Å²) >= 11 is 1.09. The molecule has 0 N–H and O–H groups in total. The Morgan fingerprint density at radius 2 is 1.58 bits per heavy atom. The number of hydrogen-bond acceptors (Lipinski definition) is 5. The SMILES string of the molecule is COc1ccc(-c2ccc(OC)cc2SC(=O)N(C)C)c(C=O)c1. The lowest BCUT2D eigenvalue weighted by atomic mass is 10.00. The van der Waals surface area contributed by atoms with Crippen LogP contribution in [-0.4, -0.2) is 44.7 Å². The van der Waals surface area contributed by atoms with E-state index >= 15 is 0 Å². The number of ether oxygens (including phenoxy) is 2. The molecule has 0 saturated carbocycles. The number of amides is 1. The van der Waals surface area contributed by atoms with Crippen LogP contribution >= 0.6 is 11.8 Å². The zero-order valence-electron chi connectivity index (χ0n) is 14.0. The first-order chi connectivity index (χ1) is 11.5. The van der Waals surface area contributed by atoms with Crippen LogP contribution in [-0.2, 0) is 0 Å². The quantitative estimate of drug-likeness (QED) is 0.606.